The third kappa shape index (κ3) is 4.64. The van der Waals surface area contributed by atoms with Crippen LogP contribution in [0.25, 0.3) is 0 Å². The lowest BCUT2D eigenvalue weighted by Gasteiger charge is -2.48. The normalized spacial score (nSPS) is 16.6. The van der Waals surface area contributed by atoms with Crippen molar-refractivity contribution in [2.75, 3.05) is 4.98 Å². The topological polar surface area (TPSA) is 39.7 Å². The monoisotopic (exact) mass is 532 g/mol. The largest absolute Gasteiger partial charge is 0.508 e. The Labute approximate surface area is 221 Å². The Morgan fingerprint density at radius 3 is 1.03 bits per heavy atom. The molecule has 1 aliphatic rings. The maximum atomic E-state index is 7.49. The Morgan fingerprint density at radius 2 is 0.703 bits per heavy atom. The van der Waals surface area contributed by atoms with Crippen LogP contribution in [-0.2, 0) is 12.3 Å². The molecule has 7 heteroatoms. The van der Waals surface area contributed by atoms with E-state index < -0.39 is 26.6 Å². The van der Waals surface area contributed by atoms with E-state index in [9.17, 15) is 0 Å². The van der Waals surface area contributed by atoms with Gasteiger partial charge in [-0.1, -0.05) is 140 Å². The molecule has 5 aromatic rings. The van der Waals surface area contributed by atoms with Crippen LogP contribution in [0, 0.1) is 0 Å². The zero-order valence-corrected chi connectivity index (χ0v) is 23.2. The molecule has 1 heterocycles. The van der Waals surface area contributed by atoms with Gasteiger partial charge in [0.05, 0.1) is 0 Å². The average molecular weight is 533 g/mol. The Hall–Kier alpha value is -3.57. The predicted molar refractivity (Wildman–Crippen MR) is 155 cm³/mol. The molecule has 0 unspecified atom stereocenters. The molecule has 0 aromatic heterocycles. The van der Waals surface area contributed by atoms with E-state index in [-0.39, 0.29) is 0 Å². The fourth-order valence-electron chi connectivity index (χ4n) is 4.65. The van der Waals surface area contributed by atoms with Gasteiger partial charge in [0.15, 0.2) is 0 Å². The summed E-state index contributed by atoms with van der Waals surface area (Å²) < 4.78 is 21.6. The maximum Gasteiger partial charge on any atom is 0.508 e. The number of nitrogens with one attached hydrogen (secondary N) is 1. The predicted octanol–water partition coefficient (Wildman–Crippen LogP) is 3.66. The maximum absolute atomic E-state index is 7.49. The van der Waals surface area contributed by atoms with Crippen molar-refractivity contribution in [3.63, 3.8) is 0 Å². The minimum Gasteiger partial charge on any atom is -0.402 e. The molecule has 1 radical (unpaired) electrons. The molecule has 1 N–H and O–H groups in total. The van der Waals surface area contributed by atoms with Crippen molar-refractivity contribution in [1.82, 2.24) is 0 Å². The number of hydrogen-bond donors (Lipinski definition) is 1. The Balaban J connectivity index is 1.60. The molecule has 1 saturated heterocycles. The summed E-state index contributed by atoms with van der Waals surface area (Å²) in [5, 5.41) is 4.24. The summed E-state index contributed by atoms with van der Waals surface area (Å²) in [7, 11) is -8.52. The molecule has 0 saturated carbocycles. The van der Waals surface area contributed by atoms with Crippen LogP contribution < -0.4 is 25.7 Å². The van der Waals surface area contributed by atoms with Gasteiger partial charge in [0, 0.05) is 5.69 Å². The van der Waals surface area contributed by atoms with Gasteiger partial charge in [-0.3, -0.25) is 0 Å². The van der Waals surface area contributed by atoms with Gasteiger partial charge < -0.3 is 17.3 Å². The summed E-state index contributed by atoms with van der Waals surface area (Å²) in [5.41, 5.74) is 0.964. The third-order valence-electron chi connectivity index (χ3n) is 6.40. The van der Waals surface area contributed by atoms with Crippen LogP contribution in [0.2, 0.25) is 0 Å². The highest BCUT2D eigenvalue weighted by atomic mass is 28.5. The first-order chi connectivity index (χ1) is 18.3. The van der Waals surface area contributed by atoms with Crippen molar-refractivity contribution in [3.05, 3.63) is 152 Å². The van der Waals surface area contributed by atoms with Crippen LogP contribution in [0.1, 0.15) is 0 Å². The first kappa shape index (κ1) is 23.8. The molecular weight excluding hydrogens is 507 g/mol. The lowest BCUT2D eigenvalue weighted by atomic mass is 10.3. The number of rotatable bonds is 6. The number of anilines is 1. The lowest BCUT2D eigenvalue weighted by Crippen LogP contribution is -2.82. The summed E-state index contributed by atoms with van der Waals surface area (Å²) in [5.74, 6) is 0. The second kappa shape index (κ2) is 10.4. The van der Waals surface area contributed by atoms with Gasteiger partial charge in [0.2, 0.25) is 0 Å². The van der Waals surface area contributed by atoms with Gasteiger partial charge in [-0.25, -0.2) is 0 Å². The van der Waals surface area contributed by atoms with E-state index in [0.717, 1.165) is 26.4 Å². The molecule has 181 valence electrons. The second-order valence-electron chi connectivity index (χ2n) is 8.78. The van der Waals surface area contributed by atoms with Gasteiger partial charge in [-0.05, 0) is 32.9 Å². The fraction of sp³-hybridized carbons (Fsp3) is 0. The smallest absolute Gasteiger partial charge is 0.402 e. The van der Waals surface area contributed by atoms with Crippen LogP contribution in [0.5, 0.6) is 0 Å². The van der Waals surface area contributed by atoms with Crippen LogP contribution in [0.15, 0.2) is 152 Å². The molecule has 0 spiro atoms. The van der Waals surface area contributed by atoms with Crippen molar-refractivity contribution in [3.8, 4) is 0 Å². The van der Waals surface area contributed by atoms with E-state index in [0.29, 0.717) is 0 Å². The molecule has 0 amide bonds. The van der Waals surface area contributed by atoms with E-state index >= 15 is 0 Å². The molecule has 1 fully saturated rings. The second-order valence-corrected chi connectivity index (χ2v) is 16.8. The average Bonchev–Trinajstić information content (AvgIpc) is 2.99. The van der Waals surface area contributed by atoms with Crippen molar-refractivity contribution in [1.29, 1.82) is 0 Å². The summed E-state index contributed by atoms with van der Waals surface area (Å²) in [6.45, 7) is 0. The Bertz CT molecular complexity index is 1260. The highest BCUT2D eigenvalue weighted by Crippen LogP contribution is 2.27. The zero-order valence-electron chi connectivity index (χ0n) is 20.2. The van der Waals surface area contributed by atoms with Crippen molar-refractivity contribution < 1.29 is 12.3 Å². The van der Waals surface area contributed by atoms with Gasteiger partial charge in [-0.15, -0.1) is 0 Å². The minimum atomic E-state index is -3.23. The number of para-hydroxylation sites is 1. The summed E-state index contributed by atoms with van der Waals surface area (Å²) in [6.07, 6.45) is 0. The Morgan fingerprint density at radius 1 is 0.405 bits per heavy atom. The molecular formula is C30H26NO3Si3. The number of hydrogen-bond acceptors (Lipinski definition) is 4. The molecule has 37 heavy (non-hydrogen) atoms. The van der Waals surface area contributed by atoms with Crippen molar-refractivity contribution in [2.24, 2.45) is 0 Å². The van der Waals surface area contributed by atoms with Gasteiger partial charge >= 0.3 is 26.6 Å². The van der Waals surface area contributed by atoms with Gasteiger partial charge in [0.1, 0.15) is 0 Å². The molecule has 0 atom stereocenters. The zero-order chi connectivity index (χ0) is 25.0. The summed E-state index contributed by atoms with van der Waals surface area (Å²) >= 11 is 0. The van der Waals surface area contributed by atoms with Gasteiger partial charge in [0.25, 0.3) is 0 Å². The van der Waals surface area contributed by atoms with Crippen molar-refractivity contribution in [2.45, 2.75) is 0 Å². The fourth-order valence-corrected chi connectivity index (χ4v) is 17.8. The summed E-state index contributed by atoms with van der Waals surface area (Å²) in [6, 6.07) is 51.7. The lowest BCUT2D eigenvalue weighted by molar-refractivity contribution is 0.276. The minimum absolute atomic E-state index is 0.964. The highest BCUT2D eigenvalue weighted by Gasteiger charge is 2.61. The van der Waals surface area contributed by atoms with Crippen LogP contribution >= 0.6 is 0 Å². The van der Waals surface area contributed by atoms with Crippen LogP contribution in [0.3, 0.4) is 0 Å². The highest BCUT2D eigenvalue weighted by molar-refractivity contribution is 7.09. The first-order valence-corrected chi connectivity index (χ1v) is 17.2. The Kier molecular flexibility index (Phi) is 6.71. The van der Waals surface area contributed by atoms with Gasteiger partial charge in [-0.2, -0.15) is 0 Å². The standard InChI is InChI=1S/C30H26NO3Si3/c1-6-16-26(17-7-1)31-35-32-36(27-18-8-2-9-19-27,28-20-10-3-11-21-28)34-37(33-35,29-22-12-4-13-23-29)30-24-14-5-15-25-30/h1-25,31H. The number of benzene rings is 5. The molecule has 5 aromatic carbocycles. The van der Waals surface area contributed by atoms with E-state index in [2.05, 4.69) is 102 Å². The molecule has 4 nitrogen and oxygen atoms in total. The molecule has 0 aliphatic carbocycles. The molecule has 0 bridgehead atoms. The molecule has 1 aliphatic heterocycles. The SMILES string of the molecule is c1ccc(N[Si]2O[Si](c3ccccc3)(c3ccccc3)O[Si](c3ccccc3)(c3ccccc3)O2)cc1. The first-order valence-electron chi connectivity index (χ1n) is 12.3. The summed E-state index contributed by atoms with van der Waals surface area (Å²) in [4.78, 5) is 3.62. The van der Waals surface area contributed by atoms with Crippen LogP contribution in [0.4, 0.5) is 5.69 Å². The third-order valence-corrected chi connectivity index (χ3v) is 17.3. The van der Waals surface area contributed by atoms with E-state index in [1.807, 2.05) is 54.6 Å². The van der Waals surface area contributed by atoms with E-state index in [1.165, 1.54) is 0 Å². The molecule has 6 rings (SSSR count). The van der Waals surface area contributed by atoms with E-state index in [4.69, 9.17) is 12.3 Å². The quantitative estimate of drug-likeness (QED) is 0.339. The van der Waals surface area contributed by atoms with E-state index in [1.54, 1.807) is 0 Å². The van der Waals surface area contributed by atoms with Crippen molar-refractivity contribution >= 4 is 53.0 Å². The van der Waals surface area contributed by atoms with Crippen LogP contribution in [-0.4, -0.2) is 26.6 Å².